The second-order valence-electron chi connectivity index (χ2n) is 6.14. The number of aromatic nitrogens is 2. The summed E-state index contributed by atoms with van der Waals surface area (Å²) in [6.45, 7) is 2.91. The molecule has 10 nitrogen and oxygen atoms in total. The number of nitrogens with one attached hydrogen (secondary N) is 2. The lowest BCUT2D eigenvalue weighted by atomic mass is 10.1. The molecule has 0 atom stereocenters. The molecule has 2 aromatic rings. The Bertz CT molecular complexity index is 733. The molecule has 2 rings (SSSR count). The second-order valence-corrected chi connectivity index (χ2v) is 6.14. The Balaban J connectivity index is 0.000000436. The fraction of sp³-hybridized carbons (Fsp3) is 0.333. The third-order valence-corrected chi connectivity index (χ3v) is 3.22. The van der Waals surface area contributed by atoms with Crippen LogP contribution in [0.25, 0.3) is 0 Å². The van der Waals surface area contributed by atoms with Gasteiger partial charge in [0.1, 0.15) is 11.6 Å². The molecule has 10 heteroatoms. The third kappa shape index (κ3) is 19.3. The molecular formula is C21H28N4O6. The minimum Gasteiger partial charge on any atom is -0.481 e. The lowest BCUT2D eigenvalue weighted by molar-refractivity contribution is -0.137. The maximum Gasteiger partial charge on any atom is 0.303 e. The molecule has 4 N–H and O–H groups in total. The Morgan fingerprint density at radius 2 is 1.10 bits per heavy atom. The molecule has 2 amide bonds. The topological polar surface area (TPSA) is 159 Å². The van der Waals surface area contributed by atoms with Gasteiger partial charge in [-0.15, -0.1) is 0 Å². The van der Waals surface area contributed by atoms with Crippen molar-refractivity contribution >= 4 is 35.4 Å². The summed E-state index contributed by atoms with van der Waals surface area (Å²) in [5, 5.41) is 21.5. The van der Waals surface area contributed by atoms with Crippen LogP contribution in [-0.4, -0.2) is 43.9 Å². The number of rotatable bonds is 8. The first-order valence-electron chi connectivity index (χ1n) is 9.51. The number of pyridine rings is 2. The molecule has 0 saturated heterocycles. The maximum atomic E-state index is 10.5. The molecule has 0 aliphatic heterocycles. The predicted molar refractivity (Wildman–Crippen MR) is 115 cm³/mol. The first-order valence-corrected chi connectivity index (χ1v) is 9.51. The molecular weight excluding hydrogens is 404 g/mol. The van der Waals surface area contributed by atoms with E-state index in [1.54, 1.807) is 36.7 Å². The normalized spacial score (nSPS) is 9.10. The van der Waals surface area contributed by atoms with E-state index in [1.807, 2.05) is 12.1 Å². The second kappa shape index (κ2) is 17.1. The van der Waals surface area contributed by atoms with E-state index in [0.717, 1.165) is 0 Å². The van der Waals surface area contributed by atoms with Crippen molar-refractivity contribution in [1.82, 2.24) is 9.97 Å². The van der Waals surface area contributed by atoms with E-state index in [-0.39, 0.29) is 24.7 Å². The number of hydrogen-bond acceptors (Lipinski definition) is 6. The van der Waals surface area contributed by atoms with Crippen molar-refractivity contribution in [2.45, 2.75) is 46.0 Å². The molecule has 2 aromatic heterocycles. The summed E-state index contributed by atoms with van der Waals surface area (Å²) in [6, 6.07) is 10.7. The summed E-state index contributed by atoms with van der Waals surface area (Å²) in [5.41, 5.74) is 0. The highest BCUT2D eigenvalue weighted by molar-refractivity contribution is 5.87. The van der Waals surface area contributed by atoms with Gasteiger partial charge in [-0.2, -0.15) is 0 Å². The molecule has 168 valence electrons. The van der Waals surface area contributed by atoms with Gasteiger partial charge in [0.05, 0.1) is 0 Å². The number of nitrogens with zero attached hydrogens (tertiary/aromatic N) is 2. The molecule has 0 spiro atoms. The van der Waals surface area contributed by atoms with Crippen LogP contribution in [0.4, 0.5) is 11.6 Å². The molecule has 0 aliphatic carbocycles. The molecule has 0 aliphatic rings. The Labute approximate surface area is 180 Å². The largest absolute Gasteiger partial charge is 0.481 e. The first kappa shape index (κ1) is 27.2. The Hall–Kier alpha value is -3.82. The third-order valence-electron chi connectivity index (χ3n) is 3.22. The van der Waals surface area contributed by atoms with Crippen molar-refractivity contribution in [3.8, 4) is 0 Å². The molecule has 2 heterocycles. The SMILES string of the molecule is CC(=O)Nc1ccccn1.CC(=O)Nc1ccccn1.O=C(O)CCCCCC(=O)O. The van der Waals surface area contributed by atoms with Crippen molar-refractivity contribution < 1.29 is 29.4 Å². The summed E-state index contributed by atoms with van der Waals surface area (Å²) < 4.78 is 0. The van der Waals surface area contributed by atoms with Crippen molar-refractivity contribution in [3.63, 3.8) is 0 Å². The van der Waals surface area contributed by atoms with Gasteiger partial charge in [-0.1, -0.05) is 18.6 Å². The average Bonchev–Trinajstić information content (AvgIpc) is 2.69. The van der Waals surface area contributed by atoms with Gasteiger partial charge >= 0.3 is 11.9 Å². The highest BCUT2D eigenvalue weighted by Crippen LogP contribution is 2.02. The molecule has 0 bridgehead atoms. The van der Waals surface area contributed by atoms with E-state index in [9.17, 15) is 19.2 Å². The zero-order valence-corrected chi connectivity index (χ0v) is 17.6. The summed E-state index contributed by atoms with van der Waals surface area (Å²) in [6.07, 6.45) is 5.36. The van der Waals surface area contributed by atoms with E-state index < -0.39 is 11.9 Å². The fourth-order valence-corrected chi connectivity index (χ4v) is 1.96. The molecule has 0 saturated carbocycles. The quantitative estimate of drug-likeness (QED) is 0.463. The summed E-state index contributed by atoms with van der Waals surface area (Å²) >= 11 is 0. The van der Waals surface area contributed by atoms with Gasteiger partial charge in [-0.25, -0.2) is 9.97 Å². The number of carbonyl (C=O) groups excluding carboxylic acids is 2. The van der Waals surface area contributed by atoms with Gasteiger partial charge < -0.3 is 20.8 Å². The van der Waals surface area contributed by atoms with Gasteiger partial charge in [0.25, 0.3) is 0 Å². The van der Waals surface area contributed by atoms with E-state index in [4.69, 9.17) is 10.2 Å². The zero-order valence-electron chi connectivity index (χ0n) is 17.6. The van der Waals surface area contributed by atoms with Crippen LogP contribution in [0.15, 0.2) is 48.8 Å². The van der Waals surface area contributed by atoms with Crippen LogP contribution in [0.5, 0.6) is 0 Å². The number of hydrogen-bond donors (Lipinski definition) is 4. The van der Waals surface area contributed by atoms with Crippen LogP contribution in [0.3, 0.4) is 0 Å². The number of carboxylic acids is 2. The lowest BCUT2D eigenvalue weighted by Gasteiger charge is -1.96. The minimum absolute atomic E-state index is 0.0984. The number of carbonyl (C=O) groups is 4. The molecule has 31 heavy (non-hydrogen) atoms. The van der Waals surface area contributed by atoms with Gasteiger partial charge in [0.15, 0.2) is 0 Å². The van der Waals surface area contributed by atoms with Crippen LogP contribution in [0, 0.1) is 0 Å². The fourth-order valence-electron chi connectivity index (χ4n) is 1.96. The minimum atomic E-state index is -0.819. The van der Waals surface area contributed by atoms with Crippen LogP contribution in [0.1, 0.15) is 46.0 Å². The summed E-state index contributed by atoms with van der Waals surface area (Å²) in [4.78, 5) is 48.7. The van der Waals surface area contributed by atoms with E-state index in [0.29, 0.717) is 30.9 Å². The Morgan fingerprint density at radius 3 is 1.35 bits per heavy atom. The maximum absolute atomic E-state index is 10.5. The molecule has 0 fully saturated rings. The Morgan fingerprint density at radius 1 is 0.710 bits per heavy atom. The lowest BCUT2D eigenvalue weighted by Crippen LogP contribution is -2.06. The van der Waals surface area contributed by atoms with E-state index >= 15 is 0 Å². The monoisotopic (exact) mass is 432 g/mol. The van der Waals surface area contributed by atoms with Crippen LogP contribution in [0.2, 0.25) is 0 Å². The van der Waals surface area contributed by atoms with Gasteiger partial charge in [-0.05, 0) is 37.1 Å². The van der Waals surface area contributed by atoms with Gasteiger partial charge in [0.2, 0.25) is 11.8 Å². The van der Waals surface area contributed by atoms with Crippen molar-refractivity contribution in [2.24, 2.45) is 0 Å². The van der Waals surface area contributed by atoms with Crippen molar-refractivity contribution in [1.29, 1.82) is 0 Å². The molecule has 0 unspecified atom stereocenters. The predicted octanol–water partition coefficient (Wildman–Crippen LogP) is 3.19. The Kier molecular flexibility index (Phi) is 15.0. The zero-order chi connectivity index (χ0) is 23.5. The van der Waals surface area contributed by atoms with Gasteiger partial charge in [-0.3, -0.25) is 19.2 Å². The van der Waals surface area contributed by atoms with Crippen molar-refractivity contribution in [3.05, 3.63) is 48.8 Å². The number of carboxylic acid groups (broad SMARTS) is 2. The molecule has 0 radical (unpaired) electrons. The van der Waals surface area contributed by atoms with Crippen LogP contribution in [-0.2, 0) is 19.2 Å². The smallest absolute Gasteiger partial charge is 0.303 e. The van der Waals surface area contributed by atoms with Crippen LogP contribution < -0.4 is 10.6 Å². The van der Waals surface area contributed by atoms with Crippen molar-refractivity contribution in [2.75, 3.05) is 10.6 Å². The molecule has 0 aromatic carbocycles. The number of aliphatic carboxylic acids is 2. The van der Waals surface area contributed by atoms with E-state index in [1.165, 1.54) is 13.8 Å². The number of amides is 2. The highest BCUT2D eigenvalue weighted by atomic mass is 16.4. The summed E-state index contributed by atoms with van der Waals surface area (Å²) in [7, 11) is 0. The average molecular weight is 432 g/mol. The summed E-state index contributed by atoms with van der Waals surface area (Å²) in [5.74, 6) is -0.650. The van der Waals surface area contributed by atoms with Gasteiger partial charge in [0, 0.05) is 39.1 Å². The number of anilines is 2. The standard InChI is InChI=1S/2C7H8N2O.C7H12O4/c2*1-6(10)9-7-4-2-3-5-8-7;8-6(9)4-2-1-3-5-7(10)11/h2*2-5H,1H3,(H,8,9,10);1-5H2,(H,8,9)(H,10,11). The highest BCUT2D eigenvalue weighted by Gasteiger charge is 1.98. The van der Waals surface area contributed by atoms with E-state index in [2.05, 4.69) is 20.6 Å². The first-order chi connectivity index (χ1) is 14.7. The van der Waals surface area contributed by atoms with Crippen LogP contribution >= 0.6 is 0 Å². The number of unbranched alkanes of at least 4 members (excludes halogenated alkanes) is 2.